The smallest absolute Gasteiger partial charge is 0.238 e. The van der Waals surface area contributed by atoms with Gasteiger partial charge in [0.1, 0.15) is 16.7 Å². The maximum absolute atomic E-state index is 12.8. The van der Waals surface area contributed by atoms with E-state index >= 15 is 0 Å². The number of aliphatic imine (C=N–C) groups is 1. The normalized spacial score (nSPS) is 17.9. The second-order valence-corrected chi connectivity index (χ2v) is 7.48. The summed E-state index contributed by atoms with van der Waals surface area (Å²) in [7, 11) is 3.24. The van der Waals surface area contributed by atoms with Gasteiger partial charge in [0.05, 0.1) is 19.4 Å². The number of thioether (sulfide) groups is 1. The van der Waals surface area contributed by atoms with E-state index in [1.54, 1.807) is 32.4 Å². The SMILES string of the molecule is CCOc1cccc(NC(=O)[C@H]2CC(=O)N(C)C(=Nc3cccc(OC)c3)S2)c1. The number of anilines is 1. The Morgan fingerprint density at radius 3 is 2.76 bits per heavy atom. The van der Waals surface area contributed by atoms with Gasteiger partial charge in [-0.2, -0.15) is 0 Å². The zero-order valence-corrected chi connectivity index (χ0v) is 17.4. The Morgan fingerprint density at radius 2 is 2.00 bits per heavy atom. The molecular formula is C21H23N3O4S. The van der Waals surface area contributed by atoms with Gasteiger partial charge in [-0.3, -0.25) is 14.5 Å². The molecule has 0 spiro atoms. The quantitative estimate of drug-likeness (QED) is 0.781. The summed E-state index contributed by atoms with van der Waals surface area (Å²) in [5.41, 5.74) is 1.27. The van der Waals surface area contributed by atoms with E-state index < -0.39 is 5.25 Å². The van der Waals surface area contributed by atoms with Crippen molar-refractivity contribution in [3.05, 3.63) is 48.5 Å². The van der Waals surface area contributed by atoms with Crippen molar-refractivity contribution >= 4 is 40.1 Å². The van der Waals surface area contributed by atoms with Crippen molar-refractivity contribution in [3.63, 3.8) is 0 Å². The van der Waals surface area contributed by atoms with Crippen LogP contribution in [0.3, 0.4) is 0 Å². The molecule has 7 nitrogen and oxygen atoms in total. The maximum Gasteiger partial charge on any atom is 0.238 e. The summed E-state index contributed by atoms with van der Waals surface area (Å²) < 4.78 is 10.7. The molecule has 0 saturated carbocycles. The van der Waals surface area contributed by atoms with E-state index in [0.717, 1.165) is 0 Å². The van der Waals surface area contributed by atoms with Crippen LogP contribution in [0.2, 0.25) is 0 Å². The van der Waals surface area contributed by atoms with Gasteiger partial charge in [-0.05, 0) is 31.2 Å². The molecule has 2 aromatic carbocycles. The van der Waals surface area contributed by atoms with Crippen LogP contribution in [0.4, 0.5) is 11.4 Å². The number of hydrogen-bond acceptors (Lipinski definition) is 6. The van der Waals surface area contributed by atoms with Crippen LogP contribution < -0.4 is 14.8 Å². The Balaban J connectivity index is 1.76. The Hall–Kier alpha value is -3.00. The third-order valence-corrected chi connectivity index (χ3v) is 5.49. The van der Waals surface area contributed by atoms with Gasteiger partial charge in [0.15, 0.2) is 5.17 Å². The average Bonchev–Trinajstić information content (AvgIpc) is 2.72. The van der Waals surface area contributed by atoms with Crippen molar-refractivity contribution in [2.75, 3.05) is 26.1 Å². The molecule has 2 amide bonds. The summed E-state index contributed by atoms with van der Waals surface area (Å²) in [6.07, 6.45) is 0.106. The van der Waals surface area contributed by atoms with Gasteiger partial charge >= 0.3 is 0 Å². The zero-order valence-electron chi connectivity index (χ0n) is 16.5. The number of nitrogens with one attached hydrogen (secondary N) is 1. The molecule has 0 aliphatic carbocycles. The number of amidine groups is 1. The Bertz CT molecular complexity index is 932. The molecule has 1 atom stereocenters. The zero-order chi connectivity index (χ0) is 20.8. The number of carbonyl (C=O) groups excluding carboxylic acids is 2. The van der Waals surface area contributed by atoms with E-state index in [1.165, 1.54) is 16.7 Å². The fraction of sp³-hybridized carbons (Fsp3) is 0.286. The predicted octanol–water partition coefficient (Wildman–Crippen LogP) is 3.68. The van der Waals surface area contributed by atoms with Crippen molar-refractivity contribution in [2.45, 2.75) is 18.6 Å². The number of ether oxygens (including phenoxy) is 2. The third-order valence-electron chi connectivity index (χ3n) is 4.25. The van der Waals surface area contributed by atoms with Crippen molar-refractivity contribution in [3.8, 4) is 11.5 Å². The van der Waals surface area contributed by atoms with Gasteiger partial charge in [0.25, 0.3) is 0 Å². The lowest BCUT2D eigenvalue weighted by atomic mass is 10.2. The molecule has 0 aromatic heterocycles. The van der Waals surface area contributed by atoms with Crippen LogP contribution in [0, 0.1) is 0 Å². The Morgan fingerprint density at radius 1 is 1.24 bits per heavy atom. The monoisotopic (exact) mass is 413 g/mol. The largest absolute Gasteiger partial charge is 0.497 e. The molecule has 1 aliphatic rings. The van der Waals surface area contributed by atoms with Crippen LogP contribution in [0.25, 0.3) is 0 Å². The third kappa shape index (κ3) is 5.29. The van der Waals surface area contributed by atoms with E-state index in [4.69, 9.17) is 9.47 Å². The molecule has 0 bridgehead atoms. The van der Waals surface area contributed by atoms with Crippen molar-refractivity contribution in [1.29, 1.82) is 0 Å². The van der Waals surface area contributed by atoms with Gasteiger partial charge in [-0.1, -0.05) is 23.9 Å². The first-order chi connectivity index (χ1) is 14.0. The lowest BCUT2D eigenvalue weighted by Crippen LogP contribution is -2.43. The van der Waals surface area contributed by atoms with Crippen LogP contribution >= 0.6 is 11.8 Å². The van der Waals surface area contributed by atoms with E-state index in [-0.39, 0.29) is 18.2 Å². The first-order valence-corrected chi connectivity index (χ1v) is 10.1. The van der Waals surface area contributed by atoms with E-state index in [0.29, 0.717) is 34.6 Å². The fourth-order valence-corrected chi connectivity index (χ4v) is 3.81. The molecular weight excluding hydrogens is 390 g/mol. The van der Waals surface area contributed by atoms with Crippen LogP contribution in [0.1, 0.15) is 13.3 Å². The van der Waals surface area contributed by atoms with Crippen LogP contribution in [-0.2, 0) is 9.59 Å². The summed E-state index contributed by atoms with van der Waals surface area (Å²) >= 11 is 1.26. The minimum atomic E-state index is -0.571. The van der Waals surface area contributed by atoms with Gasteiger partial charge in [-0.15, -0.1) is 0 Å². The van der Waals surface area contributed by atoms with Crippen LogP contribution in [0.5, 0.6) is 11.5 Å². The Kier molecular flexibility index (Phi) is 6.77. The predicted molar refractivity (Wildman–Crippen MR) is 115 cm³/mol. The molecule has 1 saturated heterocycles. The topological polar surface area (TPSA) is 80.2 Å². The summed E-state index contributed by atoms with van der Waals surface area (Å²) in [4.78, 5) is 31.2. The second-order valence-electron chi connectivity index (χ2n) is 6.31. The fourth-order valence-electron chi connectivity index (χ4n) is 2.74. The molecule has 152 valence electrons. The Labute approximate surface area is 174 Å². The second kappa shape index (κ2) is 9.47. The standard InChI is InChI=1S/C21H23N3O4S/c1-4-28-17-10-6-7-14(12-17)22-20(26)18-13-19(25)24(2)21(29-18)23-15-8-5-9-16(11-15)27-3/h5-12,18H,4,13H2,1-3H3,(H,22,26)/t18-/m1/s1. The summed E-state index contributed by atoms with van der Waals surface area (Å²) in [6.45, 7) is 2.44. The van der Waals surface area contributed by atoms with Crippen LogP contribution in [0.15, 0.2) is 53.5 Å². The van der Waals surface area contributed by atoms with Crippen molar-refractivity contribution < 1.29 is 19.1 Å². The van der Waals surface area contributed by atoms with Gasteiger partial charge in [-0.25, -0.2) is 4.99 Å². The maximum atomic E-state index is 12.8. The lowest BCUT2D eigenvalue weighted by Gasteiger charge is -2.28. The van der Waals surface area contributed by atoms with Gasteiger partial charge in [0, 0.05) is 31.3 Å². The molecule has 29 heavy (non-hydrogen) atoms. The van der Waals surface area contributed by atoms with E-state index in [1.807, 2.05) is 37.3 Å². The van der Waals surface area contributed by atoms with Crippen molar-refractivity contribution in [2.24, 2.45) is 4.99 Å². The number of hydrogen-bond donors (Lipinski definition) is 1. The molecule has 0 radical (unpaired) electrons. The number of amides is 2. The minimum Gasteiger partial charge on any atom is -0.497 e. The number of benzene rings is 2. The summed E-state index contributed by atoms with van der Waals surface area (Å²) in [5.74, 6) is 0.944. The molecule has 3 rings (SSSR count). The molecule has 1 heterocycles. The molecule has 0 unspecified atom stereocenters. The highest BCUT2D eigenvalue weighted by Gasteiger charge is 2.34. The summed E-state index contributed by atoms with van der Waals surface area (Å²) in [5, 5.41) is 2.76. The van der Waals surface area contributed by atoms with Gasteiger partial charge < -0.3 is 14.8 Å². The van der Waals surface area contributed by atoms with Crippen molar-refractivity contribution in [1.82, 2.24) is 4.90 Å². The molecule has 1 fully saturated rings. The first kappa shape index (κ1) is 20.7. The average molecular weight is 413 g/mol. The highest BCUT2D eigenvalue weighted by atomic mass is 32.2. The molecule has 1 aliphatic heterocycles. The number of carbonyl (C=O) groups is 2. The van der Waals surface area contributed by atoms with Crippen LogP contribution in [-0.4, -0.2) is 47.9 Å². The molecule has 2 aromatic rings. The molecule has 1 N–H and O–H groups in total. The number of rotatable bonds is 6. The lowest BCUT2D eigenvalue weighted by molar-refractivity contribution is -0.128. The first-order valence-electron chi connectivity index (χ1n) is 9.20. The molecule has 8 heteroatoms. The number of methoxy groups -OCH3 is 1. The minimum absolute atomic E-state index is 0.106. The van der Waals surface area contributed by atoms with E-state index in [9.17, 15) is 9.59 Å². The summed E-state index contributed by atoms with van der Waals surface area (Å²) in [6, 6.07) is 14.4. The highest BCUT2D eigenvalue weighted by Crippen LogP contribution is 2.30. The highest BCUT2D eigenvalue weighted by molar-refractivity contribution is 8.15. The number of nitrogens with zero attached hydrogens (tertiary/aromatic N) is 2. The van der Waals surface area contributed by atoms with E-state index in [2.05, 4.69) is 10.3 Å². The van der Waals surface area contributed by atoms with Gasteiger partial charge in [0.2, 0.25) is 11.8 Å².